The number of carbonyl (C=O) groups is 2. The van der Waals surface area contributed by atoms with E-state index < -0.39 is 23.5 Å². The molecule has 7 heteroatoms. The maximum absolute atomic E-state index is 12.8. The van der Waals surface area contributed by atoms with Gasteiger partial charge in [0.25, 0.3) is 5.56 Å². The van der Waals surface area contributed by atoms with Gasteiger partial charge in [-0.05, 0) is 32.0 Å². The Balaban J connectivity index is 1.89. The van der Waals surface area contributed by atoms with Crippen LogP contribution in [0.5, 0.6) is 0 Å². The molecule has 0 fully saturated rings. The first kappa shape index (κ1) is 20.0. The minimum Gasteiger partial charge on any atom is -0.465 e. The van der Waals surface area contributed by atoms with Crippen molar-refractivity contribution in [2.24, 2.45) is 0 Å². The summed E-state index contributed by atoms with van der Waals surface area (Å²) in [6.45, 7) is 3.56. The van der Waals surface area contributed by atoms with Crippen molar-refractivity contribution in [3.8, 4) is 11.3 Å². The summed E-state index contributed by atoms with van der Waals surface area (Å²) >= 11 is 0. The third-order valence-corrected chi connectivity index (χ3v) is 4.51. The van der Waals surface area contributed by atoms with Crippen LogP contribution in [0, 0.1) is 6.92 Å². The van der Waals surface area contributed by atoms with Crippen molar-refractivity contribution in [1.29, 1.82) is 0 Å². The second-order valence-electron chi connectivity index (χ2n) is 6.57. The van der Waals surface area contributed by atoms with Crippen molar-refractivity contribution in [1.82, 2.24) is 9.78 Å². The number of rotatable bonds is 5. The number of nitrogens with zero attached hydrogens (tertiary/aromatic N) is 2. The van der Waals surface area contributed by atoms with Crippen LogP contribution < -0.4 is 10.9 Å². The summed E-state index contributed by atoms with van der Waals surface area (Å²) in [5.41, 5.74) is 2.67. The molecule has 0 aliphatic heterocycles. The maximum atomic E-state index is 12.8. The molecule has 1 amide bonds. The van der Waals surface area contributed by atoms with Crippen LogP contribution >= 0.6 is 0 Å². The van der Waals surface area contributed by atoms with E-state index >= 15 is 0 Å². The van der Waals surface area contributed by atoms with Crippen LogP contribution in [-0.2, 0) is 9.53 Å². The number of benzene rings is 2. The van der Waals surface area contributed by atoms with Gasteiger partial charge in [0, 0.05) is 11.6 Å². The lowest BCUT2D eigenvalue weighted by atomic mass is 10.1. The molecule has 1 aromatic heterocycles. The van der Waals surface area contributed by atoms with E-state index in [-0.39, 0.29) is 5.56 Å². The Bertz CT molecular complexity index is 1100. The van der Waals surface area contributed by atoms with Gasteiger partial charge in [-0.25, -0.2) is 9.48 Å². The predicted molar refractivity (Wildman–Crippen MR) is 110 cm³/mol. The summed E-state index contributed by atoms with van der Waals surface area (Å²) in [6.07, 6.45) is 0. The fourth-order valence-electron chi connectivity index (χ4n) is 2.81. The van der Waals surface area contributed by atoms with Crippen molar-refractivity contribution in [3.63, 3.8) is 0 Å². The Hall–Kier alpha value is -3.74. The summed E-state index contributed by atoms with van der Waals surface area (Å²) in [4.78, 5) is 37.0. The lowest BCUT2D eigenvalue weighted by molar-refractivity contribution is -0.119. The number of hydrogen-bond acceptors (Lipinski definition) is 5. The number of nitrogens with one attached hydrogen (secondary N) is 1. The highest BCUT2D eigenvalue weighted by atomic mass is 16.5. The zero-order valence-electron chi connectivity index (χ0n) is 16.4. The summed E-state index contributed by atoms with van der Waals surface area (Å²) < 4.78 is 5.87. The van der Waals surface area contributed by atoms with Crippen molar-refractivity contribution >= 4 is 17.6 Å². The minimum absolute atomic E-state index is 0.226. The van der Waals surface area contributed by atoms with Gasteiger partial charge in [0.2, 0.25) is 5.91 Å². The van der Waals surface area contributed by atoms with Crippen molar-refractivity contribution in [2.75, 3.05) is 12.4 Å². The molecule has 1 atom stereocenters. The summed E-state index contributed by atoms with van der Waals surface area (Å²) in [5.74, 6) is -1.04. The van der Waals surface area contributed by atoms with E-state index in [1.54, 1.807) is 37.3 Å². The Morgan fingerprint density at radius 3 is 2.41 bits per heavy atom. The van der Waals surface area contributed by atoms with Crippen LogP contribution in [0.25, 0.3) is 11.3 Å². The number of ether oxygens (including phenoxy) is 1. The second kappa shape index (κ2) is 8.52. The van der Waals surface area contributed by atoms with Gasteiger partial charge in [-0.1, -0.05) is 42.0 Å². The third-order valence-electron chi connectivity index (χ3n) is 4.51. The zero-order valence-corrected chi connectivity index (χ0v) is 16.4. The number of aryl methyl sites for hydroxylation is 1. The van der Waals surface area contributed by atoms with E-state index in [2.05, 4.69) is 10.4 Å². The number of methoxy groups -OCH3 is 1. The SMILES string of the molecule is COC(=O)c1ccccc1NC(=O)C(C)n1nc(-c2ccc(C)cc2)ccc1=O. The molecule has 1 unspecified atom stereocenters. The molecule has 3 aromatic rings. The van der Waals surface area contributed by atoms with Crippen LogP contribution in [0.3, 0.4) is 0 Å². The predicted octanol–water partition coefficient (Wildman–Crippen LogP) is 3.21. The molecule has 0 bridgehead atoms. The van der Waals surface area contributed by atoms with Crippen LogP contribution in [0.2, 0.25) is 0 Å². The molecule has 0 saturated carbocycles. The lowest BCUT2D eigenvalue weighted by Crippen LogP contribution is -2.33. The molecular weight excluding hydrogens is 370 g/mol. The Morgan fingerprint density at radius 2 is 1.72 bits per heavy atom. The lowest BCUT2D eigenvalue weighted by Gasteiger charge is -2.16. The fourth-order valence-corrected chi connectivity index (χ4v) is 2.81. The highest BCUT2D eigenvalue weighted by molar-refractivity contribution is 6.02. The van der Waals surface area contributed by atoms with E-state index in [0.717, 1.165) is 15.8 Å². The molecule has 0 radical (unpaired) electrons. The average molecular weight is 391 g/mol. The fraction of sp³-hybridized carbons (Fsp3) is 0.182. The Kier molecular flexibility index (Phi) is 5.87. The molecule has 148 valence electrons. The quantitative estimate of drug-likeness (QED) is 0.675. The van der Waals surface area contributed by atoms with Crippen LogP contribution in [0.4, 0.5) is 5.69 Å². The van der Waals surface area contributed by atoms with Crippen molar-refractivity contribution in [2.45, 2.75) is 19.9 Å². The molecule has 0 saturated heterocycles. The Morgan fingerprint density at radius 1 is 1.03 bits per heavy atom. The number of para-hydroxylation sites is 1. The Labute approximate surface area is 168 Å². The van der Waals surface area contributed by atoms with Gasteiger partial charge < -0.3 is 10.1 Å². The number of hydrogen-bond donors (Lipinski definition) is 1. The molecular formula is C22H21N3O4. The molecule has 3 rings (SSSR count). The smallest absolute Gasteiger partial charge is 0.339 e. The molecule has 1 heterocycles. The first-order chi connectivity index (χ1) is 13.9. The van der Waals surface area contributed by atoms with Crippen molar-refractivity contribution in [3.05, 3.63) is 82.1 Å². The minimum atomic E-state index is -0.890. The summed E-state index contributed by atoms with van der Waals surface area (Å²) in [5, 5.41) is 7.04. The number of carbonyl (C=O) groups excluding carboxylic acids is 2. The maximum Gasteiger partial charge on any atom is 0.339 e. The van der Waals surface area contributed by atoms with Crippen LogP contribution in [0.1, 0.15) is 28.9 Å². The van der Waals surface area contributed by atoms with E-state index in [0.29, 0.717) is 11.4 Å². The first-order valence-electron chi connectivity index (χ1n) is 9.06. The van der Waals surface area contributed by atoms with Gasteiger partial charge in [0.15, 0.2) is 0 Å². The summed E-state index contributed by atoms with van der Waals surface area (Å²) in [6, 6.07) is 16.3. The van der Waals surface area contributed by atoms with Gasteiger partial charge in [-0.3, -0.25) is 9.59 Å². The third kappa shape index (κ3) is 4.40. The highest BCUT2D eigenvalue weighted by Crippen LogP contribution is 2.19. The van der Waals surface area contributed by atoms with Gasteiger partial charge in [0.05, 0.1) is 24.1 Å². The van der Waals surface area contributed by atoms with Gasteiger partial charge in [0.1, 0.15) is 6.04 Å². The summed E-state index contributed by atoms with van der Waals surface area (Å²) in [7, 11) is 1.27. The first-order valence-corrected chi connectivity index (χ1v) is 9.06. The van der Waals surface area contributed by atoms with E-state index in [1.807, 2.05) is 31.2 Å². The van der Waals surface area contributed by atoms with E-state index in [1.165, 1.54) is 13.2 Å². The largest absolute Gasteiger partial charge is 0.465 e. The van der Waals surface area contributed by atoms with Crippen molar-refractivity contribution < 1.29 is 14.3 Å². The molecule has 7 nitrogen and oxygen atoms in total. The number of amides is 1. The number of esters is 1. The van der Waals surface area contributed by atoms with Gasteiger partial charge in [-0.2, -0.15) is 5.10 Å². The highest BCUT2D eigenvalue weighted by Gasteiger charge is 2.20. The number of aromatic nitrogens is 2. The molecule has 0 aliphatic carbocycles. The monoisotopic (exact) mass is 391 g/mol. The zero-order chi connectivity index (χ0) is 21.0. The molecule has 0 aliphatic rings. The molecule has 1 N–H and O–H groups in total. The van der Waals surface area contributed by atoms with E-state index in [9.17, 15) is 14.4 Å². The normalized spacial score (nSPS) is 11.6. The van der Waals surface area contributed by atoms with Gasteiger partial charge in [-0.15, -0.1) is 0 Å². The molecule has 29 heavy (non-hydrogen) atoms. The number of anilines is 1. The standard InChI is InChI=1S/C22H21N3O4/c1-14-8-10-16(11-9-14)18-12-13-20(26)25(24-18)15(2)21(27)23-19-7-5-4-6-17(19)22(28)29-3/h4-13,15H,1-3H3,(H,23,27). The topological polar surface area (TPSA) is 90.3 Å². The average Bonchev–Trinajstić information content (AvgIpc) is 2.74. The van der Waals surface area contributed by atoms with Gasteiger partial charge >= 0.3 is 5.97 Å². The van der Waals surface area contributed by atoms with E-state index in [4.69, 9.17) is 4.74 Å². The van der Waals surface area contributed by atoms with Crippen LogP contribution in [0.15, 0.2) is 65.5 Å². The second-order valence-corrected chi connectivity index (χ2v) is 6.57. The van der Waals surface area contributed by atoms with Crippen LogP contribution in [-0.4, -0.2) is 28.8 Å². The molecule has 0 spiro atoms. The molecule has 2 aromatic carbocycles.